The Labute approximate surface area is 132 Å². The molecule has 4 nitrogen and oxygen atoms in total. The number of aryl methyl sites for hydroxylation is 2. The van der Waals surface area contributed by atoms with Crippen LogP contribution in [0.25, 0.3) is 0 Å². The van der Waals surface area contributed by atoms with E-state index in [2.05, 4.69) is 33.9 Å². The van der Waals surface area contributed by atoms with Gasteiger partial charge in [-0.2, -0.15) is 0 Å². The van der Waals surface area contributed by atoms with Crippen LogP contribution in [0.2, 0.25) is 0 Å². The predicted octanol–water partition coefficient (Wildman–Crippen LogP) is 1.66. The molecule has 2 saturated heterocycles. The van der Waals surface area contributed by atoms with E-state index in [4.69, 9.17) is 0 Å². The highest BCUT2D eigenvalue weighted by atomic mass is 35.5. The molecule has 0 radical (unpaired) electrons. The average molecular weight is 317 g/mol. The third-order valence-corrected chi connectivity index (χ3v) is 5.34. The van der Waals surface area contributed by atoms with Gasteiger partial charge in [-0.15, -0.1) is 23.7 Å². The molecule has 0 amide bonds. The molecule has 3 rings (SSSR count). The predicted molar refractivity (Wildman–Crippen MR) is 87.0 cm³/mol. The maximum atomic E-state index is 4.54. The number of rotatable bonds is 3. The van der Waals surface area contributed by atoms with Crippen LogP contribution < -0.4 is 5.32 Å². The Morgan fingerprint density at radius 1 is 1.25 bits per heavy atom. The van der Waals surface area contributed by atoms with Crippen molar-refractivity contribution in [2.24, 2.45) is 0 Å². The molecule has 2 fully saturated rings. The first-order chi connectivity index (χ1) is 9.22. The Hall–Kier alpha value is -0.200. The van der Waals surface area contributed by atoms with Crippen molar-refractivity contribution in [1.29, 1.82) is 0 Å². The molecule has 20 heavy (non-hydrogen) atoms. The molecular formula is C14H25ClN4S. The Kier molecular flexibility index (Phi) is 5.81. The van der Waals surface area contributed by atoms with E-state index in [9.17, 15) is 0 Å². The molecule has 0 saturated carbocycles. The van der Waals surface area contributed by atoms with Gasteiger partial charge in [-0.3, -0.25) is 9.80 Å². The molecule has 1 aromatic heterocycles. The number of piperazine rings is 1. The van der Waals surface area contributed by atoms with E-state index in [-0.39, 0.29) is 12.4 Å². The van der Waals surface area contributed by atoms with Crippen molar-refractivity contribution in [2.45, 2.75) is 32.9 Å². The Morgan fingerprint density at radius 3 is 2.65 bits per heavy atom. The minimum atomic E-state index is 0. The minimum Gasteiger partial charge on any atom is -0.314 e. The van der Waals surface area contributed by atoms with Gasteiger partial charge in [0, 0.05) is 56.7 Å². The lowest BCUT2D eigenvalue weighted by Gasteiger charge is -2.32. The van der Waals surface area contributed by atoms with E-state index in [1.807, 2.05) is 11.3 Å². The first kappa shape index (κ1) is 16.2. The fourth-order valence-corrected chi connectivity index (χ4v) is 4.20. The topological polar surface area (TPSA) is 31.4 Å². The number of halogens is 1. The molecular weight excluding hydrogens is 292 g/mol. The summed E-state index contributed by atoms with van der Waals surface area (Å²) in [4.78, 5) is 11.3. The fourth-order valence-electron chi connectivity index (χ4n) is 3.22. The third kappa shape index (κ3) is 3.71. The molecule has 0 bridgehead atoms. The SMILES string of the molecule is Cc1nc(C)c(CN2CCC(N3CCNCC3)C2)s1.Cl. The van der Waals surface area contributed by atoms with Crippen molar-refractivity contribution in [2.75, 3.05) is 39.3 Å². The van der Waals surface area contributed by atoms with Gasteiger partial charge in [-0.05, 0) is 20.3 Å². The van der Waals surface area contributed by atoms with Crippen LogP contribution in [0.4, 0.5) is 0 Å². The van der Waals surface area contributed by atoms with E-state index < -0.39 is 0 Å². The molecule has 0 spiro atoms. The van der Waals surface area contributed by atoms with Crippen LogP contribution in [-0.4, -0.2) is 60.1 Å². The van der Waals surface area contributed by atoms with Gasteiger partial charge in [0.05, 0.1) is 10.7 Å². The van der Waals surface area contributed by atoms with Gasteiger partial charge in [-0.1, -0.05) is 0 Å². The standard InChI is InChI=1S/C14H24N4S.ClH/c1-11-14(19-12(2)16-11)10-17-6-3-13(9-17)18-7-4-15-5-8-18;/h13,15H,3-10H2,1-2H3;1H. The lowest BCUT2D eigenvalue weighted by molar-refractivity contribution is 0.170. The molecule has 3 heterocycles. The van der Waals surface area contributed by atoms with Crippen LogP contribution in [-0.2, 0) is 6.54 Å². The summed E-state index contributed by atoms with van der Waals surface area (Å²) < 4.78 is 0. The number of likely N-dealkylation sites (tertiary alicyclic amines) is 1. The number of aromatic nitrogens is 1. The number of thiazole rings is 1. The summed E-state index contributed by atoms with van der Waals surface area (Å²) in [6, 6.07) is 0.774. The summed E-state index contributed by atoms with van der Waals surface area (Å²) in [7, 11) is 0. The van der Waals surface area contributed by atoms with E-state index in [1.54, 1.807) is 0 Å². The molecule has 1 unspecified atom stereocenters. The molecule has 114 valence electrons. The summed E-state index contributed by atoms with van der Waals surface area (Å²) in [6.07, 6.45) is 1.33. The van der Waals surface area contributed by atoms with E-state index >= 15 is 0 Å². The van der Waals surface area contributed by atoms with E-state index in [0.29, 0.717) is 0 Å². The van der Waals surface area contributed by atoms with Gasteiger partial charge in [0.15, 0.2) is 0 Å². The van der Waals surface area contributed by atoms with Crippen LogP contribution in [0.15, 0.2) is 0 Å². The number of nitrogens with zero attached hydrogens (tertiary/aromatic N) is 3. The normalized spacial score (nSPS) is 24.8. The number of hydrogen-bond acceptors (Lipinski definition) is 5. The molecule has 1 atom stereocenters. The van der Waals surface area contributed by atoms with Crippen molar-refractivity contribution in [3.05, 3.63) is 15.6 Å². The van der Waals surface area contributed by atoms with Crippen LogP contribution in [0.5, 0.6) is 0 Å². The summed E-state index contributed by atoms with van der Waals surface area (Å²) >= 11 is 1.86. The van der Waals surface area contributed by atoms with Crippen LogP contribution in [0, 0.1) is 13.8 Å². The second-order valence-electron chi connectivity index (χ2n) is 5.71. The summed E-state index contributed by atoms with van der Waals surface area (Å²) in [5.74, 6) is 0. The number of hydrogen-bond donors (Lipinski definition) is 1. The highest BCUT2D eigenvalue weighted by molar-refractivity contribution is 7.11. The van der Waals surface area contributed by atoms with Crippen molar-refractivity contribution >= 4 is 23.7 Å². The Bertz CT molecular complexity index is 431. The first-order valence-electron chi connectivity index (χ1n) is 7.32. The molecule has 1 aromatic rings. The maximum absolute atomic E-state index is 4.54. The first-order valence-corrected chi connectivity index (χ1v) is 8.14. The quantitative estimate of drug-likeness (QED) is 0.919. The second-order valence-corrected chi connectivity index (χ2v) is 6.99. The largest absolute Gasteiger partial charge is 0.314 e. The van der Waals surface area contributed by atoms with E-state index in [0.717, 1.165) is 25.7 Å². The maximum Gasteiger partial charge on any atom is 0.0900 e. The van der Waals surface area contributed by atoms with Crippen LogP contribution in [0.3, 0.4) is 0 Å². The zero-order chi connectivity index (χ0) is 13.2. The monoisotopic (exact) mass is 316 g/mol. The van der Waals surface area contributed by atoms with Crippen molar-refractivity contribution in [3.63, 3.8) is 0 Å². The molecule has 6 heteroatoms. The van der Waals surface area contributed by atoms with E-state index in [1.165, 1.54) is 48.2 Å². The lowest BCUT2D eigenvalue weighted by atomic mass is 10.2. The Balaban J connectivity index is 0.00000147. The minimum absolute atomic E-state index is 0. The summed E-state index contributed by atoms with van der Waals surface area (Å²) in [5, 5.41) is 4.64. The third-order valence-electron chi connectivity index (χ3n) is 4.28. The zero-order valence-electron chi connectivity index (χ0n) is 12.4. The zero-order valence-corrected chi connectivity index (χ0v) is 14.0. The summed E-state index contributed by atoms with van der Waals surface area (Å²) in [6.45, 7) is 12.6. The van der Waals surface area contributed by atoms with Gasteiger partial charge in [0.25, 0.3) is 0 Å². The molecule has 2 aliphatic rings. The molecule has 0 aromatic carbocycles. The lowest BCUT2D eigenvalue weighted by Crippen LogP contribution is -2.49. The molecule has 0 aliphatic carbocycles. The van der Waals surface area contributed by atoms with Crippen molar-refractivity contribution in [1.82, 2.24) is 20.1 Å². The number of nitrogens with one attached hydrogen (secondary N) is 1. The molecule has 2 aliphatic heterocycles. The van der Waals surface area contributed by atoms with Gasteiger partial charge < -0.3 is 5.32 Å². The second kappa shape index (κ2) is 7.18. The average Bonchev–Trinajstić information content (AvgIpc) is 2.99. The fraction of sp³-hybridized carbons (Fsp3) is 0.786. The van der Waals surface area contributed by atoms with Gasteiger partial charge in [0.2, 0.25) is 0 Å². The van der Waals surface area contributed by atoms with Crippen molar-refractivity contribution in [3.8, 4) is 0 Å². The van der Waals surface area contributed by atoms with Gasteiger partial charge in [-0.25, -0.2) is 4.98 Å². The van der Waals surface area contributed by atoms with Crippen molar-refractivity contribution < 1.29 is 0 Å². The van der Waals surface area contributed by atoms with Gasteiger partial charge in [0.1, 0.15) is 0 Å². The van der Waals surface area contributed by atoms with Gasteiger partial charge >= 0.3 is 0 Å². The molecule has 1 N–H and O–H groups in total. The van der Waals surface area contributed by atoms with Crippen LogP contribution in [0.1, 0.15) is 22.0 Å². The summed E-state index contributed by atoms with van der Waals surface area (Å²) in [5.41, 5.74) is 1.23. The Morgan fingerprint density at radius 2 is 2.00 bits per heavy atom. The highest BCUT2D eigenvalue weighted by Gasteiger charge is 2.28. The highest BCUT2D eigenvalue weighted by Crippen LogP contribution is 2.23. The smallest absolute Gasteiger partial charge is 0.0900 e. The van der Waals surface area contributed by atoms with Crippen LogP contribution >= 0.6 is 23.7 Å².